The highest BCUT2D eigenvalue weighted by molar-refractivity contribution is 8.00. The zero-order valence-corrected chi connectivity index (χ0v) is 16.0. The van der Waals surface area contributed by atoms with Crippen LogP contribution < -0.4 is 5.32 Å². The third-order valence-corrected chi connectivity index (χ3v) is 6.46. The molecule has 3 heterocycles. The van der Waals surface area contributed by atoms with Gasteiger partial charge < -0.3 is 15.1 Å². The Morgan fingerprint density at radius 2 is 2.24 bits per heavy atom. The lowest BCUT2D eigenvalue weighted by Gasteiger charge is -2.31. The number of thiophene rings is 1. The molecule has 3 amide bonds. The van der Waals surface area contributed by atoms with E-state index in [4.69, 9.17) is 0 Å². The Balaban J connectivity index is 1.59. The maximum absolute atomic E-state index is 12.9. The predicted octanol–water partition coefficient (Wildman–Crippen LogP) is 1.45. The quantitative estimate of drug-likeness (QED) is 0.810. The van der Waals surface area contributed by atoms with E-state index in [0.29, 0.717) is 31.1 Å². The highest BCUT2D eigenvalue weighted by atomic mass is 32.2. The van der Waals surface area contributed by atoms with Gasteiger partial charge in [-0.1, -0.05) is 13.3 Å². The predicted molar refractivity (Wildman–Crippen MR) is 99.3 cm³/mol. The van der Waals surface area contributed by atoms with Crippen molar-refractivity contribution in [3.05, 3.63) is 21.9 Å². The molecule has 6 nitrogen and oxygen atoms in total. The van der Waals surface area contributed by atoms with Crippen LogP contribution in [-0.4, -0.2) is 58.3 Å². The van der Waals surface area contributed by atoms with Crippen LogP contribution in [0.4, 0.5) is 0 Å². The smallest absolute Gasteiger partial charge is 0.245 e. The Bertz CT molecular complexity index is 661. The monoisotopic (exact) mass is 381 g/mol. The van der Waals surface area contributed by atoms with E-state index in [1.165, 1.54) is 27.1 Å². The summed E-state index contributed by atoms with van der Waals surface area (Å²) in [5.74, 6) is 0.692. The fraction of sp³-hybridized carbons (Fsp3) is 0.588. The Labute approximate surface area is 155 Å². The molecule has 1 fully saturated rings. The number of fused-ring (bicyclic) bond motifs is 1. The van der Waals surface area contributed by atoms with Crippen LogP contribution in [0.3, 0.4) is 0 Å². The zero-order valence-electron chi connectivity index (χ0n) is 14.3. The van der Waals surface area contributed by atoms with Gasteiger partial charge in [-0.2, -0.15) is 0 Å². The number of nitrogens with zero attached hydrogens (tertiary/aromatic N) is 2. The molecule has 0 spiro atoms. The number of rotatable bonds is 6. The van der Waals surface area contributed by atoms with Crippen molar-refractivity contribution in [3.8, 4) is 0 Å². The van der Waals surface area contributed by atoms with Crippen LogP contribution in [0.25, 0.3) is 0 Å². The Kier molecular flexibility index (Phi) is 6.01. The van der Waals surface area contributed by atoms with Gasteiger partial charge in [0.1, 0.15) is 12.6 Å². The molecular formula is C17H23N3O3S2. The summed E-state index contributed by atoms with van der Waals surface area (Å²) in [7, 11) is 0. The maximum atomic E-state index is 12.9. The second-order valence-electron chi connectivity index (χ2n) is 6.36. The van der Waals surface area contributed by atoms with E-state index in [2.05, 4.69) is 16.8 Å². The van der Waals surface area contributed by atoms with Gasteiger partial charge in [-0.15, -0.1) is 23.1 Å². The van der Waals surface area contributed by atoms with Crippen LogP contribution in [0.15, 0.2) is 11.4 Å². The molecule has 1 N–H and O–H groups in total. The van der Waals surface area contributed by atoms with Crippen molar-refractivity contribution in [2.45, 2.75) is 38.8 Å². The third kappa shape index (κ3) is 4.36. The van der Waals surface area contributed by atoms with E-state index < -0.39 is 6.04 Å². The van der Waals surface area contributed by atoms with Crippen LogP contribution in [0.2, 0.25) is 0 Å². The number of hydrogen-bond donors (Lipinski definition) is 1. The van der Waals surface area contributed by atoms with E-state index in [-0.39, 0.29) is 24.3 Å². The first kappa shape index (κ1) is 18.3. The lowest BCUT2D eigenvalue weighted by molar-refractivity contribution is -0.138. The molecule has 3 rings (SSSR count). The van der Waals surface area contributed by atoms with Crippen LogP contribution in [0.1, 0.15) is 30.2 Å². The summed E-state index contributed by atoms with van der Waals surface area (Å²) < 4.78 is 0. The van der Waals surface area contributed by atoms with E-state index in [1.807, 2.05) is 11.8 Å². The molecule has 0 saturated carbocycles. The fourth-order valence-electron chi connectivity index (χ4n) is 3.16. The van der Waals surface area contributed by atoms with Crippen molar-refractivity contribution < 1.29 is 14.4 Å². The molecule has 25 heavy (non-hydrogen) atoms. The van der Waals surface area contributed by atoms with E-state index in [0.717, 1.165) is 12.8 Å². The summed E-state index contributed by atoms with van der Waals surface area (Å²) >= 11 is 3.25. The van der Waals surface area contributed by atoms with Crippen molar-refractivity contribution in [2.24, 2.45) is 0 Å². The van der Waals surface area contributed by atoms with Gasteiger partial charge in [-0.05, 0) is 29.9 Å². The first-order chi connectivity index (χ1) is 12.1. The Morgan fingerprint density at radius 1 is 1.40 bits per heavy atom. The molecule has 1 saturated heterocycles. The van der Waals surface area contributed by atoms with Crippen molar-refractivity contribution in [1.29, 1.82) is 0 Å². The SMILES string of the molecule is CCCC(NC(=O)CN1CSCC1=O)C(=O)N1CCc2sccc2C1. The number of hydrogen-bond acceptors (Lipinski definition) is 5. The number of carbonyl (C=O) groups is 3. The standard InChI is InChI=1S/C17H23N3O3S2/c1-2-3-13(18-15(21)9-20-11-24-10-16(20)22)17(23)19-6-4-14-12(8-19)5-7-25-14/h5,7,13H,2-4,6,8-11H2,1H3,(H,18,21). The van der Waals surface area contributed by atoms with Gasteiger partial charge >= 0.3 is 0 Å². The van der Waals surface area contributed by atoms with E-state index in [1.54, 1.807) is 11.3 Å². The lowest BCUT2D eigenvalue weighted by Crippen LogP contribution is -2.51. The van der Waals surface area contributed by atoms with Crippen LogP contribution in [0.5, 0.6) is 0 Å². The highest BCUT2D eigenvalue weighted by Crippen LogP contribution is 2.24. The molecule has 136 valence electrons. The van der Waals surface area contributed by atoms with Gasteiger partial charge in [0.2, 0.25) is 17.7 Å². The van der Waals surface area contributed by atoms with Crippen molar-refractivity contribution in [3.63, 3.8) is 0 Å². The minimum atomic E-state index is -0.511. The summed E-state index contributed by atoms with van der Waals surface area (Å²) in [6.07, 6.45) is 2.30. The fourth-order valence-corrected chi connectivity index (χ4v) is 4.95. The average Bonchev–Trinajstić information content (AvgIpc) is 3.22. The van der Waals surface area contributed by atoms with Crippen LogP contribution >= 0.6 is 23.1 Å². The van der Waals surface area contributed by atoms with Crippen LogP contribution in [-0.2, 0) is 27.3 Å². The lowest BCUT2D eigenvalue weighted by atomic mass is 10.1. The highest BCUT2D eigenvalue weighted by Gasteiger charge is 2.30. The van der Waals surface area contributed by atoms with E-state index >= 15 is 0 Å². The molecule has 1 unspecified atom stereocenters. The molecule has 1 atom stereocenters. The van der Waals surface area contributed by atoms with Gasteiger partial charge in [-0.3, -0.25) is 14.4 Å². The summed E-state index contributed by atoms with van der Waals surface area (Å²) in [5, 5.41) is 4.91. The first-order valence-electron chi connectivity index (χ1n) is 8.57. The first-order valence-corrected chi connectivity index (χ1v) is 10.6. The Hall–Kier alpha value is -1.54. The summed E-state index contributed by atoms with van der Waals surface area (Å²) in [5.41, 5.74) is 1.21. The van der Waals surface area contributed by atoms with Gasteiger partial charge in [0.05, 0.1) is 11.6 Å². The molecule has 2 aliphatic heterocycles. The number of nitrogens with one attached hydrogen (secondary N) is 1. The second kappa shape index (κ2) is 8.23. The molecule has 0 aromatic carbocycles. The molecule has 2 aliphatic rings. The summed E-state index contributed by atoms with van der Waals surface area (Å²) in [4.78, 5) is 41.5. The third-order valence-electron chi connectivity index (χ3n) is 4.49. The molecule has 1 aromatic rings. The number of carbonyl (C=O) groups excluding carboxylic acids is 3. The molecule has 8 heteroatoms. The van der Waals surface area contributed by atoms with Crippen molar-refractivity contribution in [2.75, 3.05) is 24.7 Å². The van der Waals surface area contributed by atoms with Gasteiger partial charge in [-0.25, -0.2) is 0 Å². The molecule has 1 aromatic heterocycles. The number of amides is 3. The van der Waals surface area contributed by atoms with Gasteiger partial charge in [0, 0.05) is 18.0 Å². The van der Waals surface area contributed by atoms with Gasteiger partial charge in [0.25, 0.3) is 0 Å². The largest absolute Gasteiger partial charge is 0.343 e. The molecule has 0 bridgehead atoms. The molecule has 0 aliphatic carbocycles. The molecular weight excluding hydrogens is 358 g/mol. The minimum absolute atomic E-state index is 0.0143. The normalized spacial score (nSPS) is 18.2. The van der Waals surface area contributed by atoms with Crippen molar-refractivity contribution >= 4 is 40.8 Å². The second-order valence-corrected chi connectivity index (χ2v) is 8.31. The zero-order chi connectivity index (χ0) is 17.8. The number of thioether (sulfide) groups is 1. The van der Waals surface area contributed by atoms with Crippen molar-refractivity contribution in [1.82, 2.24) is 15.1 Å². The van der Waals surface area contributed by atoms with E-state index in [9.17, 15) is 14.4 Å². The minimum Gasteiger partial charge on any atom is -0.343 e. The average molecular weight is 382 g/mol. The van der Waals surface area contributed by atoms with Gasteiger partial charge in [0.15, 0.2) is 0 Å². The topological polar surface area (TPSA) is 69.7 Å². The Morgan fingerprint density at radius 3 is 2.96 bits per heavy atom. The molecule has 0 radical (unpaired) electrons. The summed E-state index contributed by atoms with van der Waals surface area (Å²) in [6, 6.07) is 1.56. The maximum Gasteiger partial charge on any atom is 0.245 e. The summed E-state index contributed by atoms with van der Waals surface area (Å²) in [6.45, 7) is 3.35. The van der Waals surface area contributed by atoms with Crippen LogP contribution in [0, 0.1) is 0 Å².